The summed E-state index contributed by atoms with van der Waals surface area (Å²) in [6, 6.07) is 21.2. The van der Waals surface area contributed by atoms with E-state index in [4.69, 9.17) is 16.3 Å². The van der Waals surface area contributed by atoms with Gasteiger partial charge in [-0.15, -0.1) is 0 Å². The fourth-order valence-electron chi connectivity index (χ4n) is 4.46. The lowest BCUT2D eigenvalue weighted by molar-refractivity contribution is -0.139. The summed E-state index contributed by atoms with van der Waals surface area (Å²) in [5.41, 5.74) is 1.30. The highest BCUT2D eigenvalue weighted by Gasteiger charge is 2.33. The average molecular weight is 614 g/mol. The first-order valence-corrected chi connectivity index (χ1v) is 16.0. The molecule has 1 atom stereocenters. The predicted octanol–water partition coefficient (Wildman–Crippen LogP) is 5.56. The van der Waals surface area contributed by atoms with E-state index in [1.807, 2.05) is 58.0 Å². The topological polar surface area (TPSA) is 96.0 Å². The number of hydrogen-bond donors (Lipinski definition) is 1. The maximum atomic E-state index is 14.1. The Morgan fingerprint density at radius 2 is 1.57 bits per heavy atom. The van der Waals surface area contributed by atoms with Gasteiger partial charge in [0.15, 0.2) is 0 Å². The molecule has 0 aromatic heterocycles. The molecule has 3 rings (SSSR count). The Balaban J connectivity index is 2.00. The molecule has 3 aromatic carbocycles. The second-order valence-electron chi connectivity index (χ2n) is 10.3. The van der Waals surface area contributed by atoms with Gasteiger partial charge in [-0.3, -0.25) is 13.9 Å². The highest BCUT2D eigenvalue weighted by molar-refractivity contribution is 7.92. The molecule has 8 nitrogen and oxygen atoms in total. The van der Waals surface area contributed by atoms with E-state index < -0.39 is 28.5 Å². The Labute approximate surface area is 254 Å². The van der Waals surface area contributed by atoms with Crippen LogP contribution in [0.5, 0.6) is 5.75 Å². The van der Waals surface area contributed by atoms with E-state index in [-0.39, 0.29) is 23.3 Å². The smallest absolute Gasteiger partial charge is 0.264 e. The number of sulfonamides is 1. The zero-order valence-electron chi connectivity index (χ0n) is 24.6. The summed E-state index contributed by atoms with van der Waals surface area (Å²) in [5.74, 6) is 0.0676. The lowest BCUT2D eigenvalue weighted by atomic mass is 10.1. The average Bonchev–Trinajstić information content (AvgIpc) is 2.98. The van der Waals surface area contributed by atoms with Crippen molar-refractivity contribution in [3.05, 3.63) is 89.4 Å². The Morgan fingerprint density at radius 3 is 2.14 bits per heavy atom. The summed E-state index contributed by atoms with van der Waals surface area (Å²) in [6.07, 6.45) is 0.880. The van der Waals surface area contributed by atoms with Crippen LogP contribution in [0.2, 0.25) is 5.02 Å². The fourth-order valence-corrected chi connectivity index (χ4v) is 6.00. The standard InChI is InChI=1S/C32H40ClN3O5S/c1-5-30(32(38)34-22-24(3)4)35(21-20-25-10-8-7-9-11-25)31(37)23-36(27-14-16-28(17-15-27)41-6-2)42(39,40)29-18-12-26(33)13-19-29/h7-19,24,30H,5-6,20-23H2,1-4H3,(H,34,38)/t30-/m1/s1. The molecule has 0 aliphatic rings. The third-order valence-electron chi connectivity index (χ3n) is 6.67. The van der Waals surface area contributed by atoms with Crippen LogP contribution >= 0.6 is 11.6 Å². The van der Waals surface area contributed by atoms with Crippen molar-refractivity contribution in [2.45, 2.75) is 51.5 Å². The van der Waals surface area contributed by atoms with Crippen molar-refractivity contribution in [3.63, 3.8) is 0 Å². The first kappa shape index (κ1) is 32.9. The van der Waals surface area contributed by atoms with E-state index in [1.165, 1.54) is 29.2 Å². The minimum absolute atomic E-state index is 0.00821. The fraction of sp³-hybridized carbons (Fsp3) is 0.375. The van der Waals surface area contributed by atoms with Crippen LogP contribution in [0.1, 0.15) is 39.7 Å². The van der Waals surface area contributed by atoms with Gasteiger partial charge >= 0.3 is 0 Å². The summed E-state index contributed by atoms with van der Waals surface area (Å²) >= 11 is 6.02. The molecule has 0 unspecified atom stereocenters. The molecule has 10 heteroatoms. The van der Waals surface area contributed by atoms with Crippen molar-refractivity contribution in [2.75, 3.05) is 30.5 Å². The maximum absolute atomic E-state index is 14.1. The summed E-state index contributed by atoms with van der Waals surface area (Å²) in [4.78, 5) is 28.9. The van der Waals surface area contributed by atoms with E-state index in [9.17, 15) is 18.0 Å². The van der Waals surface area contributed by atoms with E-state index in [2.05, 4.69) is 5.32 Å². The monoisotopic (exact) mass is 613 g/mol. The van der Waals surface area contributed by atoms with Crippen molar-refractivity contribution >= 4 is 39.1 Å². The minimum atomic E-state index is -4.18. The summed E-state index contributed by atoms with van der Waals surface area (Å²) in [6.45, 7) is 8.37. The van der Waals surface area contributed by atoms with Gasteiger partial charge in [0.05, 0.1) is 17.2 Å². The number of amides is 2. The molecule has 0 saturated carbocycles. The molecule has 0 aliphatic heterocycles. The molecule has 0 aliphatic carbocycles. The molecule has 226 valence electrons. The zero-order chi connectivity index (χ0) is 30.7. The number of hydrogen-bond acceptors (Lipinski definition) is 5. The van der Waals surface area contributed by atoms with Crippen LogP contribution in [-0.4, -0.2) is 57.4 Å². The van der Waals surface area contributed by atoms with Crippen LogP contribution in [-0.2, 0) is 26.0 Å². The van der Waals surface area contributed by atoms with Crippen LogP contribution in [0.4, 0.5) is 5.69 Å². The number of ether oxygens (including phenoxy) is 1. The van der Waals surface area contributed by atoms with Crippen molar-refractivity contribution in [3.8, 4) is 5.75 Å². The molecular weight excluding hydrogens is 574 g/mol. The molecule has 2 amide bonds. The first-order valence-electron chi connectivity index (χ1n) is 14.2. The van der Waals surface area contributed by atoms with Crippen LogP contribution < -0.4 is 14.4 Å². The van der Waals surface area contributed by atoms with Gasteiger partial charge in [-0.2, -0.15) is 0 Å². The Morgan fingerprint density at radius 1 is 0.929 bits per heavy atom. The number of anilines is 1. The molecule has 0 bridgehead atoms. The maximum Gasteiger partial charge on any atom is 0.264 e. The largest absolute Gasteiger partial charge is 0.494 e. The molecular formula is C32H40ClN3O5S. The number of nitrogens with zero attached hydrogens (tertiary/aromatic N) is 2. The van der Waals surface area contributed by atoms with Crippen molar-refractivity contribution < 1.29 is 22.7 Å². The molecule has 0 saturated heterocycles. The minimum Gasteiger partial charge on any atom is -0.494 e. The van der Waals surface area contributed by atoms with Gasteiger partial charge in [0.2, 0.25) is 11.8 Å². The van der Waals surface area contributed by atoms with Gasteiger partial charge in [-0.05, 0) is 79.8 Å². The molecule has 42 heavy (non-hydrogen) atoms. The van der Waals surface area contributed by atoms with Gasteiger partial charge in [-0.1, -0.05) is 62.7 Å². The number of benzene rings is 3. The quantitative estimate of drug-likeness (QED) is 0.242. The summed E-state index contributed by atoms with van der Waals surface area (Å²) in [5, 5.41) is 3.33. The Hall–Kier alpha value is -3.56. The number of carbonyl (C=O) groups excluding carboxylic acids is 2. The second kappa shape index (κ2) is 15.6. The lowest BCUT2D eigenvalue weighted by Crippen LogP contribution is -2.53. The van der Waals surface area contributed by atoms with Gasteiger partial charge in [0.25, 0.3) is 10.0 Å². The third kappa shape index (κ3) is 8.97. The van der Waals surface area contributed by atoms with Crippen LogP contribution in [0.25, 0.3) is 0 Å². The van der Waals surface area contributed by atoms with E-state index in [0.29, 0.717) is 42.5 Å². The van der Waals surface area contributed by atoms with E-state index in [1.54, 1.807) is 24.3 Å². The molecule has 3 aromatic rings. The normalized spacial score (nSPS) is 12.0. The second-order valence-corrected chi connectivity index (χ2v) is 12.6. The third-order valence-corrected chi connectivity index (χ3v) is 8.71. The highest BCUT2D eigenvalue weighted by Crippen LogP contribution is 2.27. The van der Waals surface area contributed by atoms with E-state index >= 15 is 0 Å². The van der Waals surface area contributed by atoms with Crippen LogP contribution in [0.15, 0.2) is 83.8 Å². The first-order chi connectivity index (χ1) is 20.1. The summed E-state index contributed by atoms with van der Waals surface area (Å²) < 4.78 is 34.5. The lowest BCUT2D eigenvalue weighted by Gasteiger charge is -2.33. The zero-order valence-corrected chi connectivity index (χ0v) is 26.2. The highest BCUT2D eigenvalue weighted by atomic mass is 35.5. The van der Waals surface area contributed by atoms with Crippen molar-refractivity contribution in [1.82, 2.24) is 10.2 Å². The number of carbonyl (C=O) groups is 2. The number of halogens is 1. The Bertz CT molecular complexity index is 1400. The van der Waals surface area contributed by atoms with Gasteiger partial charge in [0, 0.05) is 18.1 Å². The molecule has 0 heterocycles. The number of rotatable bonds is 15. The summed E-state index contributed by atoms with van der Waals surface area (Å²) in [7, 11) is -4.18. The van der Waals surface area contributed by atoms with Gasteiger partial charge in [-0.25, -0.2) is 8.42 Å². The SMILES string of the molecule is CCOc1ccc(N(CC(=O)N(CCc2ccccc2)[C@H](CC)C(=O)NCC(C)C)S(=O)(=O)c2ccc(Cl)cc2)cc1. The van der Waals surface area contributed by atoms with Crippen LogP contribution in [0, 0.1) is 5.92 Å². The van der Waals surface area contributed by atoms with E-state index in [0.717, 1.165) is 9.87 Å². The number of nitrogens with one attached hydrogen (secondary N) is 1. The van der Waals surface area contributed by atoms with Gasteiger partial charge in [0.1, 0.15) is 18.3 Å². The van der Waals surface area contributed by atoms with Crippen molar-refractivity contribution in [2.24, 2.45) is 5.92 Å². The van der Waals surface area contributed by atoms with Gasteiger partial charge < -0.3 is 15.0 Å². The molecule has 0 fully saturated rings. The van der Waals surface area contributed by atoms with Crippen molar-refractivity contribution in [1.29, 1.82) is 0 Å². The molecule has 1 N–H and O–H groups in total. The Kier molecular flexibility index (Phi) is 12.2. The van der Waals surface area contributed by atoms with Crippen LogP contribution in [0.3, 0.4) is 0 Å². The predicted molar refractivity (Wildman–Crippen MR) is 167 cm³/mol. The molecule has 0 spiro atoms. The molecule has 0 radical (unpaired) electrons.